The van der Waals surface area contributed by atoms with Crippen molar-refractivity contribution >= 4 is 23.7 Å². The largest absolute Gasteiger partial charge is 0.481 e. The van der Waals surface area contributed by atoms with Gasteiger partial charge in [-0.25, -0.2) is 9.59 Å². The summed E-state index contributed by atoms with van der Waals surface area (Å²) >= 11 is 0. The first kappa shape index (κ1) is 16.5. The van der Waals surface area contributed by atoms with Crippen LogP contribution in [0.5, 0.6) is 0 Å². The van der Waals surface area contributed by atoms with Gasteiger partial charge >= 0.3 is 18.0 Å². The van der Waals surface area contributed by atoms with Crippen LogP contribution in [0.25, 0.3) is 0 Å². The summed E-state index contributed by atoms with van der Waals surface area (Å²) in [6.07, 6.45) is -0.508. The highest BCUT2D eigenvalue weighted by Crippen LogP contribution is 2.17. The summed E-state index contributed by atoms with van der Waals surface area (Å²) in [5, 5.41) is 22.3. The Morgan fingerprint density at radius 3 is 2.43 bits per heavy atom. The van der Waals surface area contributed by atoms with Gasteiger partial charge in [0.15, 0.2) is 0 Å². The molecular weight excluding hydrogens is 276 g/mol. The van der Waals surface area contributed by atoms with Gasteiger partial charge in [-0.15, -0.1) is 0 Å². The average Bonchev–Trinajstić information content (AvgIpc) is 2.39. The minimum Gasteiger partial charge on any atom is -0.481 e. The molecule has 0 aliphatic rings. The number of hydrogen-bond donors (Lipinski definition) is 4. The second-order valence-electron chi connectivity index (χ2n) is 4.67. The molecule has 0 aliphatic carbocycles. The lowest BCUT2D eigenvalue weighted by molar-refractivity contribution is -0.140. The number of nitrogens with one attached hydrogen (secondary N) is 2. The molecule has 0 radical (unpaired) electrons. The van der Waals surface area contributed by atoms with E-state index in [0.717, 1.165) is 11.1 Å². The predicted molar refractivity (Wildman–Crippen MR) is 76.4 cm³/mol. The third-order valence-corrected chi connectivity index (χ3v) is 3.10. The van der Waals surface area contributed by atoms with Crippen molar-refractivity contribution in [3.05, 3.63) is 29.3 Å². The number of aliphatic carboxylic acids is 2. The van der Waals surface area contributed by atoms with Crippen LogP contribution in [0.3, 0.4) is 0 Å². The van der Waals surface area contributed by atoms with Gasteiger partial charge in [-0.2, -0.15) is 0 Å². The zero-order valence-electron chi connectivity index (χ0n) is 11.8. The molecule has 7 nitrogen and oxygen atoms in total. The van der Waals surface area contributed by atoms with Crippen LogP contribution in [-0.4, -0.2) is 34.2 Å². The third kappa shape index (κ3) is 5.13. The van der Waals surface area contributed by atoms with Crippen LogP contribution in [0.15, 0.2) is 18.2 Å². The number of carbonyl (C=O) groups excluding carboxylic acids is 1. The Hall–Kier alpha value is -2.57. The van der Waals surface area contributed by atoms with Crippen molar-refractivity contribution in [1.29, 1.82) is 0 Å². The van der Waals surface area contributed by atoms with Crippen LogP contribution in [0.4, 0.5) is 10.5 Å². The van der Waals surface area contributed by atoms with E-state index in [1.54, 1.807) is 12.1 Å². The van der Waals surface area contributed by atoms with Crippen molar-refractivity contribution in [2.24, 2.45) is 0 Å². The van der Waals surface area contributed by atoms with E-state index >= 15 is 0 Å². The van der Waals surface area contributed by atoms with Gasteiger partial charge in [-0.1, -0.05) is 12.1 Å². The summed E-state index contributed by atoms with van der Waals surface area (Å²) < 4.78 is 0. The van der Waals surface area contributed by atoms with Crippen LogP contribution >= 0.6 is 0 Å². The summed E-state index contributed by atoms with van der Waals surface area (Å²) in [6, 6.07) is 3.45. The number of carboxylic acid groups (broad SMARTS) is 2. The van der Waals surface area contributed by atoms with E-state index < -0.39 is 24.0 Å². The lowest BCUT2D eigenvalue weighted by Gasteiger charge is -2.15. The molecule has 21 heavy (non-hydrogen) atoms. The van der Waals surface area contributed by atoms with Crippen molar-refractivity contribution in [3.8, 4) is 0 Å². The molecule has 0 saturated heterocycles. The summed E-state index contributed by atoms with van der Waals surface area (Å²) in [5.74, 6) is -2.38. The molecule has 0 aliphatic heterocycles. The first-order valence-corrected chi connectivity index (χ1v) is 6.39. The van der Waals surface area contributed by atoms with Crippen LogP contribution in [0.2, 0.25) is 0 Å². The summed E-state index contributed by atoms with van der Waals surface area (Å²) in [5.41, 5.74) is 2.45. The van der Waals surface area contributed by atoms with Gasteiger partial charge in [-0.05, 0) is 37.5 Å². The highest BCUT2D eigenvalue weighted by Gasteiger charge is 2.21. The van der Waals surface area contributed by atoms with E-state index in [1.165, 1.54) is 0 Å². The number of urea groups is 1. The predicted octanol–water partition coefficient (Wildman–Crippen LogP) is 1.74. The Balaban J connectivity index is 2.67. The molecule has 1 rings (SSSR count). The van der Waals surface area contributed by atoms with Gasteiger partial charge in [0, 0.05) is 12.1 Å². The first-order chi connectivity index (χ1) is 9.81. The second kappa shape index (κ2) is 7.28. The molecule has 1 aromatic rings. The lowest BCUT2D eigenvalue weighted by Crippen LogP contribution is -2.43. The number of rotatable bonds is 6. The van der Waals surface area contributed by atoms with Crippen LogP contribution in [0.1, 0.15) is 24.0 Å². The average molecular weight is 294 g/mol. The molecule has 1 unspecified atom stereocenters. The minimum absolute atomic E-state index is 0.176. The van der Waals surface area contributed by atoms with E-state index in [-0.39, 0.29) is 12.8 Å². The van der Waals surface area contributed by atoms with Gasteiger partial charge in [0.1, 0.15) is 6.04 Å². The van der Waals surface area contributed by atoms with Gasteiger partial charge < -0.3 is 20.8 Å². The standard InChI is InChI=1S/C14H18N2O5/c1-8-4-3-5-10(9(8)2)15-14(21)16-11(13(19)20)6-7-12(17)18/h3-5,11H,6-7H2,1-2H3,(H,17,18)(H,19,20)(H2,15,16,21). The van der Waals surface area contributed by atoms with Crippen molar-refractivity contribution in [3.63, 3.8) is 0 Å². The van der Waals surface area contributed by atoms with Gasteiger partial charge in [0.05, 0.1) is 0 Å². The smallest absolute Gasteiger partial charge is 0.326 e. The summed E-state index contributed by atoms with van der Waals surface area (Å²) in [7, 11) is 0. The Kier molecular flexibility index (Phi) is 5.71. The lowest BCUT2D eigenvalue weighted by atomic mass is 10.1. The fourth-order valence-corrected chi connectivity index (χ4v) is 1.73. The monoisotopic (exact) mass is 294 g/mol. The van der Waals surface area contributed by atoms with Gasteiger partial charge in [-0.3, -0.25) is 4.79 Å². The van der Waals surface area contributed by atoms with E-state index in [4.69, 9.17) is 10.2 Å². The fourth-order valence-electron chi connectivity index (χ4n) is 1.73. The van der Waals surface area contributed by atoms with Crippen molar-refractivity contribution < 1.29 is 24.6 Å². The highest BCUT2D eigenvalue weighted by atomic mass is 16.4. The van der Waals surface area contributed by atoms with Crippen molar-refractivity contribution in [1.82, 2.24) is 5.32 Å². The SMILES string of the molecule is Cc1cccc(NC(=O)NC(CCC(=O)O)C(=O)O)c1C. The van der Waals surface area contributed by atoms with Crippen LogP contribution < -0.4 is 10.6 Å². The molecule has 114 valence electrons. The summed E-state index contributed by atoms with van der Waals surface area (Å²) in [6.45, 7) is 3.73. The van der Waals surface area contributed by atoms with Gasteiger partial charge in [0.2, 0.25) is 0 Å². The normalized spacial score (nSPS) is 11.5. The molecule has 1 aromatic carbocycles. The van der Waals surface area contributed by atoms with Crippen LogP contribution in [0, 0.1) is 13.8 Å². The molecule has 1 atom stereocenters. The molecule has 0 saturated carbocycles. The minimum atomic E-state index is -1.27. The van der Waals surface area contributed by atoms with E-state index in [1.807, 2.05) is 19.9 Å². The molecule has 2 amide bonds. The maximum Gasteiger partial charge on any atom is 0.326 e. The van der Waals surface area contributed by atoms with Crippen molar-refractivity contribution in [2.75, 3.05) is 5.32 Å². The van der Waals surface area contributed by atoms with E-state index in [0.29, 0.717) is 5.69 Å². The number of anilines is 1. The number of carboxylic acids is 2. The maximum absolute atomic E-state index is 11.8. The topological polar surface area (TPSA) is 116 Å². The third-order valence-electron chi connectivity index (χ3n) is 3.10. The molecule has 0 fully saturated rings. The fraction of sp³-hybridized carbons (Fsp3) is 0.357. The number of aryl methyl sites for hydroxylation is 1. The molecule has 7 heteroatoms. The highest BCUT2D eigenvalue weighted by molar-refractivity contribution is 5.93. The first-order valence-electron chi connectivity index (χ1n) is 6.39. The Morgan fingerprint density at radius 2 is 1.86 bits per heavy atom. The molecule has 4 N–H and O–H groups in total. The number of hydrogen-bond acceptors (Lipinski definition) is 3. The zero-order chi connectivity index (χ0) is 16.0. The molecule has 0 bridgehead atoms. The Labute approximate surface area is 122 Å². The Bertz CT molecular complexity index is 556. The van der Waals surface area contributed by atoms with Gasteiger partial charge in [0.25, 0.3) is 0 Å². The zero-order valence-corrected chi connectivity index (χ0v) is 11.8. The number of carbonyl (C=O) groups is 3. The number of benzene rings is 1. The number of amides is 2. The van der Waals surface area contributed by atoms with Crippen molar-refractivity contribution in [2.45, 2.75) is 32.7 Å². The molecule has 0 spiro atoms. The molecule has 0 aromatic heterocycles. The quantitative estimate of drug-likeness (QED) is 0.638. The Morgan fingerprint density at radius 1 is 1.19 bits per heavy atom. The summed E-state index contributed by atoms with van der Waals surface area (Å²) in [4.78, 5) is 33.3. The maximum atomic E-state index is 11.8. The van der Waals surface area contributed by atoms with E-state index in [9.17, 15) is 14.4 Å². The molecular formula is C14H18N2O5. The van der Waals surface area contributed by atoms with E-state index in [2.05, 4.69) is 10.6 Å². The van der Waals surface area contributed by atoms with Crippen LogP contribution in [-0.2, 0) is 9.59 Å². The molecule has 0 heterocycles. The second-order valence-corrected chi connectivity index (χ2v) is 4.67.